The van der Waals surface area contributed by atoms with Crippen LogP contribution in [0.5, 0.6) is 0 Å². The molecule has 1 aromatic carbocycles. The number of hydrogen-bond acceptors (Lipinski definition) is 3. The summed E-state index contributed by atoms with van der Waals surface area (Å²) in [7, 11) is 3.94. The molecular weight excluding hydrogens is 212 g/mol. The second-order valence-electron chi connectivity index (χ2n) is 4.62. The topological polar surface area (TPSA) is 29.3 Å². The van der Waals surface area contributed by atoms with Gasteiger partial charge in [-0.2, -0.15) is 0 Å². The molecule has 2 rings (SSSR count). The van der Waals surface area contributed by atoms with Crippen LogP contribution in [0.15, 0.2) is 34.7 Å². The summed E-state index contributed by atoms with van der Waals surface area (Å²) >= 11 is 0. The van der Waals surface area contributed by atoms with Crippen molar-refractivity contribution in [1.82, 2.24) is 4.98 Å². The molecule has 90 valence electrons. The Bertz CT molecular complexity index is 486. The summed E-state index contributed by atoms with van der Waals surface area (Å²) in [6, 6.07) is 10.1. The normalized spacial score (nSPS) is 10.9. The highest BCUT2D eigenvalue weighted by molar-refractivity contribution is 5.70. The fourth-order valence-corrected chi connectivity index (χ4v) is 1.66. The highest BCUT2D eigenvalue weighted by Gasteiger charge is 2.17. The maximum absolute atomic E-state index is 5.81. The van der Waals surface area contributed by atoms with Crippen LogP contribution >= 0.6 is 0 Å². The van der Waals surface area contributed by atoms with Gasteiger partial charge in [0.05, 0.1) is 0 Å². The number of nitrogens with zero attached hydrogens (tertiary/aromatic N) is 2. The van der Waals surface area contributed by atoms with Crippen molar-refractivity contribution < 1.29 is 4.42 Å². The summed E-state index contributed by atoms with van der Waals surface area (Å²) in [6.07, 6.45) is 0. The highest BCUT2D eigenvalue weighted by atomic mass is 16.4. The van der Waals surface area contributed by atoms with Gasteiger partial charge in [-0.3, -0.25) is 0 Å². The van der Waals surface area contributed by atoms with Gasteiger partial charge in [-0.25, -0.2) is 4.98 Å². The van der Waals surface area contributed by atoms with Gasteiger partial charge in [0.25, 0.3) is 0 Å². The largest absolute Gasteiger partial charge is 0.424 e. The minimum atomic E-state index is 0.297. The zero-order valence-electron chi connectivity index (χ0n) is 10.8. The summed E-state index contributed by atoms with van der Waals surface area (Å²) < 4.78 is 5.81. The molecule has 0 saturated carbocycles. The summed E-state index contributed by atoms with van der Waals surface area (Å²) in [5.74, 6) is 1.90. The minimum Gasteiger partial charge on any atom is -0.424 e. The van der Waals surface area contributed by atoms with Crippen LogP contribution < -0.4 is 4.90 Å². The predicted octanol–water partition coefficient (Wildman–Crippen LogP) is 3.53. The molecule has 1 aromatic heterocycles. The third-order valence-corrected chi connectivity index (χ3v) is 2.57. The van der Waals surface area contributed by atoms with Crippen molar-refractivity contribution in [3.8, 4) is 11.3 Å². The van der Waals surface area contributed by atoms with Crippen LogP contribution in [0.4, 0.5) is 5.88 Å². The fourth-order valence-electron chi connectivity index (χ4n) is 1.66. The van der Waals surface area contributed by atoms with Crippen molar-refractivity contribution in [3.63, 3.8) is 0 Å². The number of rotatable bonds is 3. The zero-order valence-corrected chi connectivity index (χ0v) is 10.8. The van der Waals surface area contributed by atoms with Gasteiger partial charge < -0.3 is 9.32 Å². The molecule has 0 radical (unpaired) electrons. The van der Waals surface area contributed by atoms with E-state index in [2.05, 4.69) is 31.0 Å². The Kier molecular flexibility index (Phi) is 3.18. The van der Waals surface area contributed by atoms with Gasteiger partial charge in [0, 0.05) is 25.6 Å². The van der Waals surface area contributed by atoms with Gasteiger partial charge in [-0.15, -0.1) is 0 Å². The van der Waals surface area contributed by atoms with Crippen molar-refractivity contribution >= 4 is 5.88 Å². The maximum atomic E-state index is 5.81. The molecule has 0 aliphatic heterocycles. The second-order valence-corrected chi connectivity index (χ2v) is 4.62. The molecule has 0 fully saturated rings. The molecule has 0 bridgehead atoms. The molecule has 0 N–H and O–H groups in total. The van der Waals surface area contributed by atoms with Crippen molar-refractivity contribution in [2.45, 2.75) is 19.8 Å². The SMILES string of the molecule is CC(C)c1nc(-c2ccccc2)c(N(C)C)o1. The van der Waals surface area contributed by atoms with Crippen molar-refractivity contribution in [2.75, 3.05) is 19.0 Å². The lowest BCUT2D eigenvalue weighted by Crippen LogP contribution is -2.08. The first-order chi connectivity index (χ1) is 8.09. The average molecular weight is 230 g/mol. The first kappa shape index (κ1) is 11.7. The number of oxazole rings is 1. The molecule has 0 unspecified atom stereocenters. The van der Waals surface area contributed by atoms with E-state index in [0.717, 1.165) is 23.0 Å². The maximum Gasteiger partial charge on any atom is 0.223 e. The minimum absolute atomic E-state index is 0.297. The number of anilines is 1. The lowest BCUT2D eigenvalue weighted by molar-refractivity contribution is 0.473. The third-order valence-electron chi connectivity index (χ3n) is 2.57. The molecule has 0 saturated heterocycles. The van der Waals surface area contributed by atoms with Gasteiger partial charge in [0.1, 0.15) is 5.69 Å². The highest BCUT2D eigenvalue weighted by Crippen LogP contribution is 2.32. The van der Waals surface area contributed by atoms with Gasteiger partial charge in [-0.05, 0) is 0 Å². The average Bonchev–Trinajstić information content (AvgIpc) is 2.75. The Morgan fingerprint density at radius 2 is 1.76 bits per heavy atom. The van der Waals surface area contributed by atoms with Crippen molar-refractivity contribution in [1.29, 1.82) is 0 Å². The first-order valence-electron chi connectivity index (χ1n) is 5.83. The van der Waals surface area contributed by atoms with Crippen molar-refractivity contribution in [2.24, 2.45) is 0 Å². The Hall–Kier alpha value is -1.77. The van der Waals surface area contributed by atoms with E-state index in [-0.39, 0.29) is 0 Å². The Labute approximate surface area is 102 Å². The lowest BCUT2D eigenvalue weighted by atomic mass is 10.1. The second kappa shape index (κ2) is 4.62. The molecular formula is C14H18N2O. The Morgan fingerprint density at radius 1 is 1.12 bits per heavy atom. The standard InChI is InChI=1S/C14H18N2O/c1-10(2)13-15-12(14(17-13)16(3)4)11-8-6-5-7-9-11/h5-10H,1-4H3. The zero-order chi connectivity index (χ0) is 12.4. The smallest absolute Gasteiger partial charge is 0.223 e. The Morgan fingerprint density at radius 3 is 2.29 bits per heavy atom. The fraction of sp³-hybridized carbons (Fsp3) is 0.357. The lowest BCUT2D eigenvalue weighted by Gasteiger charge is -2.09. The van der Waals surface area contributed by atoms with E-state index in [1.807, 2.05) is 37.2 Å². The molecule has 17 heavy (non-hydrogen) atoms. The van der Waals surface area contributed by atoms with E-state index in [1.54, 1.807) is 0 Å². The van der Waals surface area contributed by atoms with Crippen LogP contribution in [0.25, 0.3) is 11.3 Å². The van der Waals surface area contributed by atoms with Crippen LogP contribution in [0.2, 0.25) is 0 Å². The quantitative estimate of drug-likeness (QED) is 0.807. The summed E-state index contributed by atoms with van der Waals surface area (Å²) in [5, 5.41) is 0. The van der Waals surface area contributed by atoms with E-state index < -0.39 is 0 Å². The van der Waals surface area contributed by atoms with Crippen LogP contribution in [0.1, 0.15) is 25.7 Å². The number of hydrogen-bond donors (Lipinski definition) is 0. The molecule has 0 spiro atoms. The number of benzene rings is 1. The molecule has 0 amide bonds. The van der Waals surface area contributed by atoms with E-state index >= 15 is 0 Å². The van der Waals surface area contributed by atoms with E-state index in [1.165, 1.54) is 0 Å². The van der Waals surface area contributed by atoms with E-state index in [4.69, 9.17) is 4.42 Å². The first-order valence-corrected chi connectivity index (χ1v) is 5.83. The van der Waals surface area contributed by atoms with Crippen molar-refractivity contribution in [3.05, 3.63) is 36.2 Å². The molecule has 0 atom stereocenters. The summed E-state index contributed by atoms with van der Waals surface area (Å²) in [6.45, 7) is 4.17. The monoisotopic (exact) mass is 230 g/mol. The summed E-state index contributed by atoms with van der Waals surface area (Å²) in [5.41, 5.74) is 2.01. The molecule has 0 aliphatic rings. The van der Waals surface area contributed by atoms with Gasteiger partial charge in [-0.1, -0.05) is 44.2 Å². The van der Waals surface area contributed by atoms with Gasteiger partial charge in [0.15, 0.2) is 5.89 Å². The predicted molar refractivity (Wildman–Crippen MR) is 70.4 cm³/mol. The summed E-state index contributed by atoms with van der Waals surface area (Å²) in [4.78, 5) is 6.55. The molecule has 1 heterocycles. The van der Waals surface area contributed by atoms with E-state index in [9.17, 15) is 0 Å². The van der Waals surface area contributed by atoms with Gasteiger partial charge in [0.2, 0.25) is 5.88 Å². The van der Waals surface area contributed by atoms with Gasteiger partial charge >= 0.3 is 0 Å². The van der Waals surface area contributed by atoms with Crippen LogP contribution in [0.3, 0.4) is 0 Å². The molecule has 2 aromatic rings. The molecule has 3 heteroatoms. The Balaban J connectivity index is 2.52. The van der Waals surface area contributed by atoms with Crippen LogP contribution in [-0.2, 0) is 0 Å². The number of aromatic nitrogens is 1. The third kappa shape index (κ3) is 2.33. The van der Waals surface area contributed by atoms with Crippen LogP contribution in [-0.4, -0.2) is 19.1 Å². The van der Waals surface area contributed by atoms with Crippen LogP contribution in [0, 0.1) is 0 Å². The molecule has 3 nitrogen and oxygen atoms in total. The molecule has 0 aliphatic carbocycles. The van der Waals surface area contributed by atoms with E-state index in [0.29, 0.717) is 5.92 Å².